The number of carbonyl (C=O) groups excluding carboxylic acids is 4. The van der Waals surface area contributed by atoms with E-state index in [2.05, 4.69) is 37.2 Å². The Kier molecular flexibility index (Phi) is 50.0. The Bertz CT molecular complexity index is 3230. The number of carboxylic acid groups (broad SMARTS) is 10. The summed E-state index contributed by atoms with van der Waals surface area (Å²) in [5.74, 6) is -11.3. The first-order chi connectivity index (χ1) is 51.9. The number of unbranched alkanes of at least 4 members (excludes halogenated alkanes) is 14. The number of aliphatic carboxylic acids is 10. The van der Waals surface area contributed by atoms with Crippen molar-refractivity contribution in [3.8, 4) is 0 Å². The van der Waals surface area contributed by atoms with Crippen molar-refractivity contribution in [1.82, 2.24) is 66.5 Å². The van der Waals surface area contributed by atoms with Gasteiger partial charge in [-0.2, -0.15) is 9.97 Å². The molecule has 1 unspecified atom stereocenters. The van der Waals surface area contributed by atoms with E-state index in [0.717, 1.165) is 88.2 Å². The van der Waals surface area contributed by atoms with Gasteiger partial charge in [-0.25, -0.2) is 33.8 Å². The second-order valence-corrected chi connectivity index (χ2v) is 27.2. The number of aromatic nitrogens is 3. The zero-order chi connectivity index (χ0) is 80.5. The van der Waals surface area contributed by atoms with Crippen LogP contribution in [0.1, 0.15) is 190 Å². The molecule has 0 spiro atoms. The molecule has 1 aliphatic rings. The monoisotopic (exact) mass is 1720 g/mol. The number of urea groups is 2. The number of nitrogens with one attached hydrogen (secondary N) is 7. The van der Waals surface area contributed by atoms with Gasteiger partial charge in [-0.05, 0) is 94.6 Å². The summed E-state index contributed by atoms with van der Waals surface area (Å²) in [5, 5.41) is 112. The third-order valence-electron chi connectivity index (χ3n) is 18.0. The van der Waals surface area contributed by atoms with Crippen LogP contribution in [0, 0.1) is 36.9 Å². The molecule has 38 nitrogen and oxygen atoms in total. The van der Waals surface area contributed by atoms with E-state index in [-0.39, 0.29) is 140 Å². The first-order valence-electron chi connectivity index (χ1n) is 37.3. The average Bonchev–Trinajstić information content (AvgIpc) is 0.844. The zero-order valence-electron chi connectivity index (χ0n) is 62.2. The molecule has 1 saturated heterocycles. The fraction of sp³-hybridized carbons (Fsp3) is 0.676. The van der Waals surface area contributed by atoms with Crippen LogP contribution in [0.25, 0.3) is 0 Å². The van der Waals surface area contributed by atoms with Crippen LogP contribution in [-0.2, 0) is 76.8 Å². The van der Waals surface area contributed by atoms with Crippen LogP contribution < -0.4 is 37.2 Å². The van der Waals surface area contributed by atoms with Crippen molar-refractivity contribution in [3.05, 3.63) is 47.0 Å². The minimum Gasteiger partial charge on any atom is -0.481 e. The zero-order valence-corrected chi connectivity index (χ0v) is 63.8. The second kappa shape index (κ2) is 56.5. The Balaban J connectivity index is 0.0000411. The Labute approximate surface area is 667 Å². The molecule has 17 N–H and O–H groups in total. The number of aryl methyl sites for hydroxylation is 1. The van der Waals surface area contributed by atoms with E-state index < -0.39 is 128 Å². The molecule has 0 aliphatic carbocycles. The molecule has 2 aromatic rings. The summed E-state index contributed by atoms with van der Waals surface area (Å²) in [4.78, 5) is 187. The largest absolute Gasteiger partial charge is 0.481 e. The predicted octanol–water partition coefficient (Wildman–Crippen LogP) is 2.84. The molecule has 1 aromatic carbocycles. The van der Waals surface area contributed by atoms with Gasteiger partial charge in [0, 0.05) is 147 Å². The van der Waals surface area contributed by atoms with Gasteiger partial charge in [0.05, 0.1) is 26.2 Å². The quantitative estimate of drug-likeness (QED) is 0.0423. The Morgan fingerprint density at radius 1 is 0.373 bits per heavy atom. The van der Waals surface area contributed by atoms with Crippen LogP contribution in [0.3, 0.4) is 0 Å². The number of rotatable bonds is 57. The Hall–Kier alpha value is -8.72. The SMILES string of the molecule is O=C(O)CC[C@H](NC(=O)N[C@@H](CCCCNC(=O)CCCCCCCCCCNc1nc(CCCCCCCCC(=O)NCCCC[C@H](NC(=O)N[C@@H](CCC(=O)O)C(=O)O)C(=O)O)nc(Cc2ccc(CC3CN(CC(=O)O)CCN(CC(=O)O)CCN(CC(=O)O)CCN3CC(=O)O)cc2)n1)C(=O)O)C(=O)O.[Lu]. The number of carboxylic acids is 10. The van der Waals surface area contributed by atoms with Crippen molar-refractivity contribution >= 4 is 89.5 Å². The molecular weight excluding hydrogens is 1610 g/mol. The van der Waals surface area contributed by atoms with Gasteiger partial charge in [-0.15, -0.1) is 0 Å². The van der Waals surface area contributed by atoms with E-state index in [1.54, 1.807) is 19.6 Å². The molecule has 625 valence electrons. The number of hydrogen-bond donors (Lipinski definition) is 17. The van der Waals surface area contributed by atoms with Gasteiger partial charge in [-0.3, -0.25) is 58.0 Å². The molecule has 1 fully saturated rings. The molecular formula is C71H112LuN14O24. The van der Waals surface area contributed by atoms with E-state index in [4.69, 9.17) is 25.2 Å². The van der Waals surface area contributed by atoms with Gasteiger partial charge >= 0.3 is 71.8 Å². The number of amides is 6. The van der Waals surface area contributed by atoms with Gasteiger partial charge in [0.2, 0.25) is 17.8 Å². The summed E-state index contributed by atoms with van der Waals surface area (Å²) in [7, 11) is 0. The molecule has 0 saturated carbocycles. The van der Waals surface area contributed by atoms with Crippen molar-refractivity contribution in [3.63, 3.8) is 0 Å². The number of carbonyl (C=O) groups is 14. The smallest absolute Gasteiger partial charge is 0.326 e. The number of nitrogens with zero attached hydrogens (tertiary/aromatic N) is 7. The molecule has 1 aromatic heterocycles. The molecule has 2 heterocycles. The maximum absolute atomic E-state index is 12.6. The topological polar surface area (TPSA) is 577 Å². The van der Waals surface area contributed by atoms with E-state index >= 15 is 0 Å². The maximum atomic E-state index is 12.6. The van der Waals surface area contributed by atoms with Gasteiger partial charge in [-0.1, -0.05) is 88.5 Å². The van der Waals surface area contributed by atoms with Crippen molar-refractivity contribution < 1.29 is 155 Å². The van der Waals surface area contributed by atoms with Crippen LogP contribution in [0.4, 0.5) is 15.5 Å². The Morgan fingerprint density at radius 3 is 1.16 bits per heavy atom. The third kappa shape index (κ3) is 46.7. The predicted molar refractivity (Wildman–Crippen MR) is 391 cm³/mol. The van der Waals surface area contributed by atoms with Gasteiger partial charge in [0.15, 0.2) is 0 Å². The second-order valence-electron chi connectivity index (χ2n) is 27.2. The fourth-order valence-electron chi connectivity index (χ4n) is 12.1. The summed E-state index contributed by atoms with van der Waals surface area (Å²) in [6, 6.07) is -0.767. The van der Waals surface area contributed by atoms with Crippen molar-refractivity contribution in [2.45, 2.75) is 216 Å². The Morgan fingerprint density at radius 2 is 0.736 bits per heavy atom. The molecule has 1 radical (unpaired) electrons. The van der Waals surface area contributed by atoms with E-state index in [9.17, 15) is 108 Å². The number of hydrogen-bond acceptors (Lipinski definition) is 22. The first kappa shape index (κ1) is 97.4. The minimum absolute atomic E-state index is 0. The molecule has 6 amide bonds. The third-order valence-corrected chi connectivity index (χ3v) is 18.0. The van der Waals surface area contributed by atoms with Gasteiger partial charge < -0.3 is 88.3 Å². The molecule has 0 bridgehead atoms. The van der Waals surface area contributed by atoms with Crippen LogP contribution in [0.2, 0.25) is 0 Å². The molecule has 110 heavy (non-hydrogen) atoms. The first-order valence-corrected chi connectivity index (χ1v) is 37.3. The van der Waals surface area contributed by atoms with Crippen molar-refractivity contribution in [2.75, 3.05) is 96.9 Å². The van der Waals surface area contributed by atoms with Crippen molar-refractivity contribution in [1.29, 1.82) is 0 Å². The van der Waals surface area contributed by atoms with Crippen LogP contribution in [-0.4, -0.2) is 291 Å². The van der Waals surface area contributed by atoms with Crippen LogP contribution in [0.15, 0.2) is 24.3 Å². The summed E-state index contributed by atoms with van der Waals surface area (Å²) < 4.78 is 0. The minimum atomic E-state index is -1.53. The van der Waals surface area contributed by atoms with Crippen molar-refractivity contribution in [2.24, 2.45) is 0 Å². The maximum Gasteiger partial charge on any atom is 0.326 e. The summed E-state index contributed by atoms with van der Waals surface area (Å²) in [5.41, 5.74) is 1.68. The van der Waals surface area contributed by atoms with E-state index in [1.807, 2.05) is 24.3 Å². The molecule has 3 rings (SSSR count). The molecule has 39 heteroatoms. The van der Waals surface area contributed by atoms with Gasteiger partial charge in [0.25, 0.3) is 0 Å². The average molecular weight is 1720 g/mol. The van der Waals surface area contributed by atoms with E-state index in [1.165, 1.54) is 0 Å². The molecule has 5 atom stereocenters. The van der Waals surface area contributed by atoms with Crippen LogP contribution in [0.5, 0.6) is 0 Å². The number of anilines is 1. The summed E-state index contributed by atoms with van der Waals surface area (Å²) in [6.07, 6.45) is 13.6. The standard InChI is InChI=1S/C71H112N14O24.Lu/c86-57(72-32-17-14-19-51(65(100)101)75-70(108)77-53(67(104)105)28-30-59(88)89)22-12-8-3-1-2-6-10-16-34-74-69-80-55(21-11-7-4-5-9-13-23-58(87)73-33-18-15-20-52(66(102)103)76-71(109)78-54(68(106)107)29-31-60(90)91)79-56(81-69)42-49-26-24-48(25-27-49)41-50-43-84(46-63(96)97)38-37-82(44-61(92)93)35-36-83(45-62(94)95)39-40-85(50)47-64(98)99;/h24-27,50-54H,1-23,28-47H2,(H,72,86)(H,73,87)(H,88,89)(H,90,91)(H,92,93)(H,94,95)(H,96,97)(H,98,99)(H,100,101)(H,102,103)(H,104,105)(H,106,107)(H2,75,77,108)(H2,76,78,109)(H,74,79,80,81);/t50?,51-,52-,53-,54-;/m0./s1. The summed E-state index contributed by atoms with van der Waals surface area (Å²) >= 11 is 0. The number of benzene rings is 1. The van der Waals surface area contributed by atoms with E-state index in [0.29, 0.717) is 101 Å². The summed E-state index contributed by atoms with van der Waals surface area (Å²) in [6.45, 7) is 0.741. The normalized spacial score (nSPS) is 14.9. The van der Waals surface area contributed by atoms with Gasteiger partial charge in [0.1, 0.15) is 35.8 Å². The fourth-order valence-corrected chi connectivity index (χ4v) is 12.1. The van der Waals surface area contributed by atoms with Crippen LogP contribution >= 0.6 is 0 Å². The molecule has 1 aliphatic heterocycles.